The molecule has 0 radical (unpaired) electrons. The number of carbonyl (C=O) groups excluding carboxylic acids is 1. The van der Waals surface area contributed by atoms with E-state index in [0.717, 1.165) is 25.9 Å². The first kappa shape index (κ1) is 26.7. The molecule has 5 rings (SSSR count). The molecule has 2 aliphatic heterocycles. The van der Waals surface area contributed by atoms with Gasteiger partial charge in [-0.3, -0.25) is 14.5 Å². The zero-order chi connectivity index (χ0) is 26.3. The summed E-state index contributed by atoms with van der Waals surface area (Å²) in [5, 5.41) is 1.59. The molecule has 2 aliphatic rings. The molecule has 200 valence electrons. The van der Waals surface area contributed by atoms with Crippen molar-refractivity contribution in [3.05, 3.63) is 108 Å². The maximum Gasteiger partial charge on any atom is 0.180 e. The highest BCUT2D eigenvalue weighted by Crippen LogP contribution is 2.40. The average molecular weight is 515 g/mol. The molecule has 2 fully saturated rings. The Morgan fingerprint density at radius 1 is 0.868 bits per heavy atom. The maximum atomic E-state index is 12.3. The summed E-state index contributed by atoms with van der Waals surface area (Å²) in [4.78, 5) is 27.0. The van der Waals surface area contributed by atoms with Gasteiger partial charge in [-0.15, -0.1) is 0 Å². The third kappa shape index (κ3) is 6.57. The normalized spacial score (nSPS) is 24.3. The average Bonchev–Trinajstić information content (AvgIpc) is 3.38. The highest BCUT2D eigenvalue weighted by Gasteiger charge is 2.50. The zero-order valence-corrected chi connectivity index (χ0v) is 22.3. The lowest BCUT2D eigenvalue weighted by atomic mass is 9.81. The predicted octanol–water partition coefficient (Wildman–Crippen LogP) is 5.58. The van der Waals surface area contributed by atoms with Crippen molar-refractivity contribution in [2.24, 2.45) is 5.92 Å². The molecule has 0 N–H and O–H groups in total. The van der Waals surface area contributed by atoms with Crippen LogP contribution in [0, 0.1) is 5.92 Å². The number of ketones is 1. The Labute approximate surface area is 226 Å². The number of ether oxygens (including phenoxy) is 1. The van der Waals surface area contributed by atoms with E-state index >= 15 is 0 Å². The Morgan fingerprint density at radius 3 is 1.95 bits per heavy atom. The largest absolute Gasteiger partial charge is 0.351 e. The lowest BCUT2D eigenvalue weighted by Crippen LogP contribution is -2.54. The molecule has 38 heavy (non-hydrogen) atoms. The Bertz CT molecular complexity index is 1100. The minimum absolute atomic E-state index is 0.0275. The standard InChI is InChI=1S/C32H38N2O4/c1-3-36-32-20-28(30-21-31(24(2)35)37-34(30)38-32)29(19-25-13-7-4-8-14-25)33(22-26-15-9-5-10-16-26)23-27-17-11-6-12-18-27/h4-18,28-32H,3,19-23H2,1-2H3/t28-,29+,30-,31-,32+/m1/s1. The molecule has 0 amide bonds. The predicted molar refractivity (Wildman–Crippen MR) is 146 cm³/mol. The van der Waals surface area contributed by atoms with Crippen molar-refractivity contribution in [2.75, 3.05) is 6.61 Å². The van der Waals surface area contributed by atoms with Crippen LogP contribution in [0.2, 0.25) is 0 Å². The van der Waals surface area contributed by atoms with Crippen LogP contribution >= 0.6 is 0 Å². The van der Waals surface area contributed by atoms with Crippen molar-refractivity contribution in [1.29, 1.82) is 0 Å². The summed E-state index contributed by atoms with van der Waals surface area (Å²) < 4.78 is 5.99. The maximum absolute atomic E-state index is 12.3. The van der Waals surface area contributed by atoms with Crippen LogP contribution in [0.1, 0.15) is 43.4 Å². The van der Waals surface area contributed by atoms with E-state index in [4.69, 9.17) is 14.4 Å². The smallest absolute Gasteiger partial charge is 0.180 e. The quantitative estimate of drug-likeness (QED) is 0.333. The van der Waals surface area contributed by atoms with Gasteiger partial charge in [0.15, 0.2) is 12.1 Å². The second-order valence-corrected chi connectivity index (χ2v) is 10.3. The van der Waals surface area contributed by atoms with Crippen LogP contribution in [0.5, 0.6) is 0 Å². The van der Waals surface area contributed by atoms with E-state index in [0.29, 0.717) is 13.0 Å². The van der Waals surface area contributed by atoms with Crippen LogP contribution in [0.4, 0.5) is 0 Å². The Hall–Kier alpha value is -2.87. The van der Waals surface area contributed by atoms with E-state index in [9.17, 15) is 4.79 Å². The van der Waals surface area contributed by atoms with Gasteiger partial charge in [-0.05, 0) is 37.0 Å². The third-order valence-corrected chi connectivity index (χ3v) is 7.65. The summed E-state index contributed by atoms with van der Waals surface area (Å²) in [6, 6.07) is 32.1. The molecule has 2 saturated heterocycles. The van der Waals surface area contributed by atoms with Gasteiger partial charge in [-0.1, -0.05) is 96.2 Å². The number of hydrogen-bond donors (Lipinski definition) is 0. The molecule has 2 heterocycles. The first-order chi connectivity index (χ1) is 18.6. The summed E-state index contributed by atoms with van der Waals surface area (Å²) in [7, 11) is 0. The number of hydrogen-bond acceptors (Lipinski definition) is 6. The number of rotatable bonds is 11. The molecule has 0 aromatic heterocycles. The van der Waals surface area contributed by atoms with Gasteiger partial charge in [-0.25, -0.2) is 4.84 Å². The lowest BCUT2D eigenvalue weighted by Gasteiger charge is -2.45. The molecule has 0 unspecified atom stereocenters. The van der Waals surface area contributed by atoms with Crippen molar-refractivity contribution in [3.63, 3.8) is 0 Å². The molecule has 0 saturated carbocycles. The van der Waals surface area contributed by atoms with Gasteiger partial charge in [0.1, 0.15) is 6.10 Å². The second-order valence-electron chi connectivity index (χ2n) is 10.3. The molecule has 3 aromatic carbocycles. The molecule has 0 aliphatic carbocycles. The number of fused-ring (bicyclic) bond motifs is 1. The first-order valence-electron chi connectivity index (χ1n) is 13.7. The Kier molecular flexibility index (Phi) is 8.99. The topological polar surface area (TPSA) is 51.2 Å². The van der Waals surface area contributed by atoms with Crippen LogP contribution in [0.15, 0.2) is 91.0 Å². The minimum atomic E-state index is -0.489. The molecule has 6 nitrogen and oxygen atoms in total. The van der Waals surface area contributed by atoms with Gasteiger partial charge >= 0.3 is 0 Å². The van der Waals surface area contributed by atoms with E-state index in [1.807, 2.05) is 6.92 Å². The van der Waals surface area contributed by atoms with Crippen molar-refractivity contribution in [3.8, 4) is 0 Å². The molecular formula is C32H38N2O4. The number of nitrogens with zero attached hydrogens (tertiary/aromatic N) is 2. The van der Waals surface area contributed by atoms with Gasteiger partial charge < -0.3 is 4.74 Å². The molecule has 0 spiro atoms. The van der Waals surface area contributed by atoms with Crippen LogP contribution in [0.3, 0.4) is 0 Å². The van der Waals surface area contributed by atoms with E-state index < -0.39 is 12.4 Å². The minimum Gasteiger partial charge on any atom is -0.351 e. The molecule has 6 heteroatoms. The van der Waals surface area contributed by atoms with Gasteiger partial charge in [0, 0.05) is 44.5 Å². The van der Waals surface area contributed by atoms with Crippen molar-refractivity contribution in [2.45, 2.75) is 70.7 Å². The zero-order valence-electron chi connectivity index (χ0n) is 22.3. The highest BCUT2D eigenvalue weighted by molar-refractivity contribution is 5.80. The van der Waals surface area contributed by atoms with Gasteiger partial charge in [0.25, 0.3) is 0 Å². The number of hydroxylamine groups is 2. The third-order valence-electron chi connectivity index (χ3n) is 7.65. The Balaban J connectivity index is 1.53. The highest BCUT2D eigenvalue weighted by atomic mass is 17.0. The number of benzene rings is 3. The number of Topliss-reactive ketones (excluding diaryl/α,β-unsaturated/α-hetero) is 1. The van der Waals surface area contributed by atoms with Crippen LogP contribution < -0.4 is 0 Å². The van der Waals surface area contributed by atoms with E-state index in [-0.39, 0.29) is 23.8 Å². The SMILES string of the molecule is CCO[C@@H]1C[C@H]([C@H](Cc2ccccc2)N(Cc2ccccc2)Cc2ccccc2)[C@H]2C[C@H](C(C)=O)ON2O1. The fourth-order valence-electron chi connectivity index (χ4n) is 5.80. The fourth-order valence-corrected chi connectivity index (χ4v) is 5.80. The molecule has 3 aromatic rings. The monoisotopic (exact) mass is 514 g/mol. The van der Waals surface area contributed by atoms with Gasteiger partial charge in [0.05, 0.1) is 6.04 Å². The summed E-state index contributed by atoms with van der Waals surface area (Å²) in [6.45, 7) is 5.75. The molecule has 5 atom stereocenters. The summed E-state index contributed by atoms with van der Waals surface area (Å²) in [6.07, 6.45) is 1.33. The summed E-state index contributed by atoms with van der Waals surface area (Å²) in [5.74, 6) is 0.192. The van der Waals surface area contributed by atoms with E-state index in [1.54, 1.807) is 12.2 Å². The van der Waals surface area contributed by atoms with Gasteiger partial charge in [0.2, 0.25) is 0 Å². The first-order valence-corrected chi connectivity index (χ1v) is 13.7. The summed E-state index contributed by atoms with van der Waals surface area (Å²) in [5.41, 5.74) is 3.84. The van der Waals surface area contributed by atoms with Gasteiger partial charge in [-0.2, -0.15) is 0 Å². The second kappa shape index (κ2) is 12.8. The lowest BCUT2D eigenvalue weighted by molar-refractivity contribution is -0.441. The van der Waals surface area contributed by atoms with Crippen molar-refractivity contribution >= 4 is 5.78 Å². The fraction of sp³-hybridized carbons (Fsp3) is 0.406. The van der Waals surface area contributed by atoms with Crippen molar-refractivity contribution in [1.82, 2.24) is 10.1 Å². The number of carbonyl (C=O) groups is 1. The molecule has 0 bridgehead atoms. The summed E-state index contributed by atoms with van der Waals surface area (Å²) >= 11 is 0. The van der Waals surface area contributed by atoms with E-state index in [2.05, 4.69) is 95.9 Å². The van der Waals surface area contributed by atoms with Crippen molar-refractivity contribution < 1.29 is 19.2 Å². The Morgan fingerprint density at radius 2 is 1.42 bits per heavy atom. The van der Waals surface area contributed by atoms with Crippen LogP contribution in [0.25, 0.3) is 0 Å². The molecular weight excluding hydrogens is 476 g/mol. The van der Waals surface area contributed by atoms with E-state index in [1.165, 1.54) is 16.7 Å². The van der Waals surface area contributed by atoms with Crippen LogP contribution in [-0.4, -0.2) is 47.0 Å². The van der Waals surface area contributed by atoms with Crippen LogP contribution in [-0.2, 0) is 38.7 Å².